The number of anilines is 4. The van der Waals surface area contributed by atoms with Crippen LogP contribution >= 0.6 is 49.6 Å². The van der Waals surface area contributed by atoms with Crippen molar-refractivity contribution in [3.05, 3.63) is 48.5 Å². The molecule has 1 aliphatic rings. The summed E-state index contributed by atoms with van der Waals surface area (Å²) in [6.45, 7) is 2.12. The maximum Gasteiger partial charge on any atom is 0.0341 e. The van der Waals surface area contributed by atoms with E-state index in [2.05, 4.69) is 34.9 Å². The van der Waals surface area contributed by atoms with E-state index in [1.165, 1.54) is 25.7 Å². The number of nitrogens with two attached hydrogens (primary N) is 2. The molecule has 3 rings (SSSR count). The molecule has 0 amide bonds. The predicted octanol–water partition coefficient (Wildman–Crippen LogP) is 5.87. The van der Waals surface area contributed by atoms with E-state index >= 15 is 0 Å². The SMILES string of the molecule is Cl.Cl.Cl.Cl.Nc1ccc(NCC2CCC(CNc3ccc(N)cc3)CC2)cc1. The number of nitrogens with one attached hydrogen (secondary N) is 2. The van der Waals surface area contributed by atoms with Crippen LogP contribution in [0.5, 0.6) is 0 Å². The summed E-state index contributed by atoms with van der Waals surface area (Å²) >= 11 is 0. The van der Waals surface area contributed by atoms with Gasteiger partial charge in [0.2, 0.25) is 0 Å². The van der Waals surface area contributed by atoms with Gasteiger partial charge >= 0.3 is 0 Å². The van der Waals surface area contributed by atoms with E-state index in [0.29, 0.717) is 0 Å². The van der Waals surface area contributed by atoms with Crippen molar-refractivity contribution < 1.29 is 0 Å². The molecule has 0 atom stereocenters. The van der Waals surface area contributed by atoms with Crippen LogP contribution in [0.1, 0.15) is 25.7 Å². The lowest BCUT2D eigenvalue weighted by Gasteiger charge is -2.29. The highest BCUT2D eigenvalue weighted by Gasteiger charge is 2.20. The quantitative estimate of drug-likeness (QED) is 0.399. The second-order valence-corrected chi connectivity index (χ2v) is 6.89. The minimum atomic E-state index is 0. The molecule has 0 bridgehead atoms. The molecule has 2 aromatic rings. The molecule has 1 fully saturated rings. The van der Waals surface area contributed by atoms with Crippen molar-refractivity contribution in [2.24, 2.45) is 11.8 Å². The maximum atomic E-state index is 5.72. The van der Waals surface area contributed by atoms with Gasteiger partial charge in [0, 0.05) is 35.8 Å². The molecule has 28 heavy (non-hydrogen) atoms. The zero-order valence-corrected chi connectivity index (χ0v) is 19.1. The summed E-state index contributed by atoms with van der Waals surface area (Å²) in [4.78, 5) is 0. The van der Waals surface area contributed by atoms with E-state index in [9.17, 15) is 0 Å². The van der Waals surface area contributed by atoms with Gasteiger partial charge in [-0.05, 0) is 86.1 Å². The van der Waals surface area contributed by atoms with Crippen LogP contribution in [0.15, 0.2) is 48.5 Å². The largest absolute Gasteiger partial charge is 0.399 e. The molecule has 0 saturated heterocycles. The highest BCUT2D eigenvalue weighted by atomic mass is 35.5. The van der Waals surface area contributed by atoms with Crippen molar-refractivity contribution >= 4 is 72.4 Å². The molecule has 0 unspecified atom stereocenters. The molecular weight excluding hydrogens is 438 g/mol. The van der Waals surface area contributed by atoms with Crippen LogP contribution in [0.25, 0.3) is 0 Å². The third kappa shape index (κ3) is 9.33. The zero-order chi connectivity index (χ0) is 16.8. The first-order valence-electron chi connectivity index (χ1n) is 8.88. The second kappa shape index (κ2) is 14.7. The normalized spacial score (nSPS) is 17.6. The number of hydrogen-bond donors (Lipinski definition) is 4. The number of benzene rings is 2. The summed E-state index contributed by atoms with van der Waals surface area (Å²) in [6.07, 6.45) is 5.21. The molecule has 0 spiro atoms. The molecule has 4 nitrogen and oxygen atoms in total. The Hall–Kier alpha value is -1.20. The minimum absolute atomic E-state index is 0. The standard InChI is InChI=1S/C20H28N4.4ClH/c21-17-5-9-19(10-6-17)23-13-15-1-2-16(4-3-15)14-24-20-11-7-18(22)8-12-20;;;;/h5-12,15-16,23-24H,1-4,13-14,21-22H2;4*1H. The fourth-order valence-corrected chi connectivity index (χ4v) is 3.37. The van der Waals surface area contributed by atoms with Gasteiger partial charge in [-0.15, -0.1) is 49.6 Å². The summed E-state index contributed by atoms with van der Waals surface area (Å²) in [5.41, 5.74) is 15.4. The fourth-order valence-electron chi connectivity index (χ4n) is 3.37. The summed E-state index contributed by atoms with van der Waals surface area (Å²) in [7, 11) is 0. The van der Waals surface area contributed by atoms with Crippen molar-refractivity contribution in [1.29, 1.82) is 0 Å². The third-order valence-electron chi connectivity index (χ3n) is 4.98. The third-order valence-corrected chi connectivity index (χ3v) is 4.98. The Balaban J connectivity index is 0. The molecule has 1 saturated carbocycles. The molecule has 1 aliphatic carbocycles. The first-order valence-corrected chi connectivity index (χ1v) is 8.88. The van der Waals surface area contributed by atoms with Gasteiger partial charge < -0.3 is 22.1 Å². The van der Waals surface area contributed by atoms with Crippen molar-refractivity contribution in [2.45, 2.75) is 25.7 Å². The highest BCUT2D eigenvalue weighted by molar-refractivity contribution is 5.86. The Morgan fingerprint density at radius 3 is 1.14 bits per heavy atom. The zero-order valence-electron chi connectivity index (χ0n) is 15.8. The Kier molecular flexibility index (Phi) is 15.3. The van der Waals surface area contributed by atoms with Gasteiger partial charge in [0.05, 0.1) is 0 Å². The van der Waals surface area contributed by atoms with Gasteiger partial charge in [0.15, 0.2) is 0 Å². The number of halogens is 4. The number of rotatable bonds is 6. The van der Waals surface area contributed by atoms with Gasteiger partial charge in [0.1, 0.15) is 0 Å². The Labute approximate surface area is 193 Å². The van der Waals surface area contributed by atoms with E-state index in [0.717, 1.165) is 47.7 Å². The van der Waals surface area contributed by atoms with Crippen LogP contribution in [0, 0.1) is 11.8 Å². The lowest BCUT2D eigenvalue weighted by Crippen LogP contribution is -2.25. The summed E-state index contributed by atoms with van der Waals surface area (Å²) in [6, 6.07) is 16.0. The van der Waals surface area contributed by atoms with E-state index in [-0.39, 0.29) is 49.6 Å². The van der Waals surface area contributed by atoms with Crippen molar-refractivity contribution in [2.75, 3.05) is 35.2 Å². The van der Waals surface area contributed by atoms with Crippen LogP contribution in [-0.2, 0) is 0 Å². The molecule has 8 heteroatoms. The Morgan fingerprint density at radius 1 is 0.571 bits per heavy atom. The van der Waals surface area contributed by atoms with Gasteiger partial charge in [0.25, 0.3) is 0 Å². The lowest BCUT2D eigenvalue weighted by atomic mass is 9.82. The van der Waals surface area contributed by atoms with Gasteiger partial charge in [-0.3, -0.25) is 0 Å². The minimum Gasteiger partial charge on any atom is -0.399 e. The summed E-state index contributed by atoms with van der Waals surface area (Å²) < 4.78 is 0. The Morgan fingerprint density at radius 2 is 0.857 bits per heavy atom. The fraction of sp³-hybridized carbons (Fsp3) is 0.400. The first-order chi connectivity index (χ1) is 11.7. The van der Waals surface area contributed by atoms with Crippen LogP contribution in [0.4, 0.5) is 22.7 Å². The van der Waals surface area contributed by atoms with Crippen LogP contribution in [-0.4, -0.2) is 13.1 Å². The van der Waals surface area contributed by atoms with E-state index in [4.69, 9.17) is 11.5 Å². The maximum absolute atomic E-state index is 5.72. The molecule has 0 heterocycles. The average Bonchev–Trinajstić information content (AvgIpc) is 2.62. The van der Waals surface area contributed by atoms with E-state index < -0.39 is 0 Å². The number of nitrogen functional groups attached to an aromatic ring is 2. The first kappa shape index (κ1) is 29.0. The monoisotopic (exact) mass is 468 g/mol. The van der Waals surface area contributed by atoms with Gasteiger partial charge in [-0.25, -0.2) is 0 Å². The summed E-state index contributed by atoms with van der Waals surface area (Å²) in [5.74, 6) is 1.55. The molecule has 160 valence electrons. The van der Waals surface area contributed by atoms with Gasteiger partial charge in [-0.2, -0.15) is 0 Å². The highest BCUT2D eigenvalue weighted by Crippen LogP contribution is 2.29. The van der Waals surface area contributed by atoms with Crippen molar-refractivity contribution in [3.63, 3.8) is 0 Å². The van der Waals surface area contributed by atoms with E-state index in [1.54, 1.807) is 0 Å². The second-order valence-electron chi connectivity index (χ2n) is 6.89. The predicted molar refractivity (Wildman–Crippen MR) is 133 cm³/mol. The number of hydrogen-bond acceptors (Lipinski definition) is 4. The Bertz CT molecular complexity index is 572. The van der Waals surface area contributed by atoms with E-state index in [1.807, 2.05) is 24.3 Å². The average molecular weight is 470 g/mol. The van der Waals surface area contributed by atoms with Crippen molar-refractivity contribution in [1.82, 2.24) is 0 Å². The molecular formula is C20H32Cl4N4. The molecule has 0 aliphatic heterocycles. The molecule has 0 radical (unpaired) electrons. The molecule has 2 aromatic carbocycles. The molecule has 0 aromatic heterocycles. The topological polar surface area (TPSA) is 76.1 Å². The van der Waals surface area contributed by atoms with Crippen LogP contribution < -0.4 is 22.1 Å². The van der Waals surface area contributed by atoms with Crippen LogP contribution in [0.3, 0.4) is 0 Å². The van der Waals surface area contributed by atoms with Crippen molar-refractivity contribution in [3.8, 4) is 0 Å². The summed E-state index contributed by atoms with van der Waals surface area (Å²) in [5, 5.41) is 7.07. The molecule has 6 N–H and O–H groups in total. The lowest BCUT2D eigenvalue weighted by molar-refractivity contribution is 0.293. The smallest absolute Gasteiger partial charge is 0.0341 e. The van der Waals surface area contributed by atoms with Gasteiger partial charge in [-0.1, -0.05) is 0 Å². The van der Waals surface area contributed by atoms with Crippen LogP contribution in [0.2, 0.25) is 0 Å².